The molecule has 0 saturated heterocycles. The highest BCUT2D eigenvalue weighted by atomic mass is 35.5. The highest BCUT2D eigenvalue weighted by Gasteiger charge is 2.07. The normalized spacial score (nSPS) is 10.3. The zero-order valence-electron chi connectivity index (χ0n) is 9.85. The maximum absolute atomic E-state index is 7.34. The first kappa shape index (κ1) is 12.4. The molecule has 18 heavy (non-hydrogen) atoms. The number of nitrogens with zero attached hydrogens (tertiary/aromatic N) is 2. The molecule has 0 bridgehead atoms. The van der Waals surface area contributed by atoms with Crippen molar-refractivity contribution in [2.24, 2.45) is 5.73 Å². The van der Waals surface area contributed by atoms with Crippen molar-refractivity contribution >= 4 is 17.4 Å². The summed E-state index contributed by atoms with van der Waals surface area (Å²) < 4.78 is 6.95. The number of ether oxygens (including phenoxy) is 1. The molecule has 1 heterocycles. The fourth-order valence-electron chi connectivity index (χ4n) is 1.54. The molecule has 0 radical (unpaired) electrons. The van der Waals surface area contributed by atoms with Crippen LogP contribution in [0.3, 0.4) is 0 Å². The van der Waals surface area contributed by atoms with Crippen LogP contribution in [-0.4, -0.2) is 22.2 Å². The molecular formula is C12H13ClN4O. The minimum absolute atomic E-state index is 0.0149. The first-order chi connectivity index (χ1) is 8.61. The van der Waals surface area contributed by atoms with Gasteiger partial charge >= 0.3 is 0 Å². The van der Waals surface area contributed by atoms with Crippen molar-refractivity contribution < 1.29 is 4.74 Å². The Kier molecular flexibility index (Phi) is 3.53. The third-order valence-electron chi connectivity index (χ3n) is 2.38. The standard InChI is InChI=1S/C12H13ClN4O/c1-2-18-9-6-16-17(7-9)11-4-3-8(12(14)15)5-10(11)13/h3-7H,2H2,1H3,(H3,14,15). The van der Waals surface area contributed by atoms with Crippen molar-refractivity contribution in [3.8, 4) is 11.4 Å². The summed E-state index contributed by atoms with van der Waals surface area (Å²) in [4.78, 5) is 0. The zero-order chi connectivity index (χ0) is 13.1. The molecule has 94 valence electrons. The van der Waals surface area contributed by atoms with Gasteiger partial charge in [0.25, 0.3) is 0 Å². The summed E-state index contributed by atoms with van der Waals surface area (Å²) in [6, 6.07) is 5.13. The monoisotopic (exact) mass is 264 g/mol. The van der Waals surface area contributed by atoms with Crippen LogP contribution < -0.4 is 10.5 Å². The number of benzene rings is 1. The molecule has 0 aliphatic carbocycles. The lowest BCUT2D eigenvalue weighted by atomic mass is 10.2. The van der Waals surface area contributed by atoms with Crippen molar-refractivity contribution in [1.82, 2.24) is 9.78 Å². The Balaban J connectivity index is 2.35. The number of nitrogen functional groups attached to an aromatic ring is 1. The lowest BCUT2D eigenvalue weighted by molar-refractivity contribution is 0.340. The van der Waals surface area contributed by atoms with Gasteiger partial charge in [0.1, 0.15) is 5.84 Å². The quantitative estimate of drug-likeness (QED) is 0.657. The Morgan fingerprint density at radius 3 is 2.94 bits per heavy atom. The smallest absolute Gasteiger partial charge is 0.157 e. The van der Waals surface area contributed by atoms with Crippen LogP contribution in [0.15, 0.2) is 30.6 Å². The van der Waals surface area contributed by atoms with Crippen LogP contribution in [0.2, 0.25) is 5.02 Å². The Morgan fingerprint density at radius 1 is 1.56 bits per heavy atom. The fourth-order valence-corrected chi connectivity index (χ4v) is 1.81. The van der Waals surface area contributed by atoms with Crippen molar-refractivity contribution in [2.45, 2.75) is 6.92 Å². The number of hydrogen-bond acceptors (Lipinski definition) is 3. The molecule has 0 unspecified atom stereocenters. The van der Waals surface area contributed by atoms with Gasteiger partial charge in [-0.3, -0.25) is 5.41 Å². The predicted octanol–water partition coefficient (Wildman–Crippen LogP) is 2.21. The molecule has 0 aliphatic rings. The molecule has 2 rings (SSSR count). The fraction of sp³-hybridized carbons (Fsp3) is 0.167. The molecule has 1 aromatic carbocycles. The summed E-state index contributed by atoms with van der Waals surface area (Å²) in [6.45, 7) is 2.49. The second kappa shape index (κ2) is 5.10. The van der Waals surface area contributed by atoms with Gasteiger partial charge in [-0.05, 0) is 25.1 Å². The first-order valence-electron chi connectivity index (χ1n) is 5.43. The van der Waals surface area contributed by atoms with E-state index in [9.17, 15) is 0 Å². The van der Waals surface area contributed by atoms with Crippen LogP contribution in [0, 0.1) is 5.41 Å². The Morgan fingerprint density at radius 2 is 2.33 bits per heavy atom. The highest BCUT2D eigenvalue weighted by Crippen LogP contribution is 2.23. The average Bonchev–Trinajstić information content (AvgIpc) is 2.77. The summed E-state index contributed by atoms with van der Waals surface area (Å²) >= 11 is 6.14. The number of hydrogen-bond donors (Lipinski definition) is 2. The third kappa shape index (κ3) is 2.46. The molecule has 0 atom stereocenters. The van der Waals surface area contributed by atoms with Gasteiger partial charge < -0.3 is 10.5 Å². The SMILES string of the molecule is CCOc1cnn(-c2ccc(C(=N)N)cc2Cl)c1. The van der Waals surface area contributed by atoms with Crippen molar-refractivity contribution in [3.63, 3.8) is 0 Å². The Bertz CT molecular complexity index is 579. The van der Waals surface area contributed by atoms with E-state index in [1.807, 2.05) is 6.92 Å². The van der Waals surface area contributed by atoms with E-state index in [0.717, 1.165) is 0 Å². The summed E-state index contributed by atoms with van der Waals surface area (Å²) in [7, 11) is 0. The van der Waals surface area contributed by atoms with Gasteiger partial charge in [0.15, 0.2) is 5.75 Å². The minimum atomic E-state index is -0.0149. The van der Waals surface area contributed by atoms with Crippen molar-refractivity contribution in [3.05, 3.63) is 41.2 Å². The topological polar surface area (TPSA) is 76.9 Å². The molecule has 1 aromatic heterocycles. The van der Waals surface area contributed by atoms with Gasteiger partial charge in [-0.25, -0.2) is 4.68 Å². The predicted molar refractivity (Wildman–Crippen MR) is 70.8 cm³/mol. The molecule has 3 N–H and O–H groups in total. The lowest BCUT2D eigenvalue weighted by Crippen LogP contribution is -2.11. The highest BCUT2D eigenvalue weighted by molar-refractivity contribution is 6.32. The summed E-state index contributed by atoms with van der Waals surface area (Å²) in [5.74, 6) is 0.670. The minimum Gasteiger partial charge on any atom is -0.491 e. The van der Waals surface area contributed by atoms with Crippen LogP contribution in [0.1, 0.15) is 12.5 Å². The average molecular weight is 265 g/mol. The molecule has 0 fully saturated rings. The second-order valence-electron chi connectivity index (χ2n) is 3.63. The molecular weight excluding hydrogens is 252 g/mol. The van der Waals surface area contributed by atoms with E-state index in [4.69, 9.17) is 27.5 Å². The number of rotatable bonds is 4. The Hall–Kier alpha value is -2.01. The van der Waals surface area contributed by atoms with E-state index in [1.54, 1.807) is 35.3 Å². The van der Waals surface area contributed by atoms with Gasteiger partial charge in [-0.15, -0.1) is 0 Å². The maximum atomic E-state index is 7.34. The largest absolute Gasteiger partial charge is 0.491 e. The van der Waals surface area contributed by atoms with Gasteiger partial charge in [-0.2, -0.15) is 5.10 Å². The van der Waals surface area contributed by atoms with Crippen LogP contribution in [0.4, 0.5) is 0 Å². The zero-order valence-corrected chi connectivity index (χ0v) is 10.6. The van der Waals surface area contributed by atoms with Crippen molar-refractivity contribution in [1.29, 1.82) is 5.41 Å². The number of amidine groups is 1. The van der Waals surface area contributed by atoms with Crippen LogP contribution in [-0.2, 0) is 0 Å². The van der Waals surface area contributed by atoms with Crippen LogP contribution in [0.5, 0.6) is 5.75 Å². The van der Waals surface area contributed by atoms with E-state index in [2.05, 4.69) is 5.10 Å². The molecule has 6 heteroatoms. The number of aromatic nitrogens is 2. The summed E-state index contributed by atoms with van der Waals surface area (Å²) in [5, 5.41) is 12.0. The number of nitrogens with two attached hydrogens (primary N) is 1. The third-order valence-corrected chi connectivity index (χ3v) is 2.68. The van der Waals surface area contributed by atoms with E-state index in [1.165, 1.54) is 0 Å². The Labute approximate surface area is 110 Å². The molecule has 0 aliphatic heterocycles. The van der Waals surface area contributed by atoms with E-state index >= 15 is 0 Å². The number of halogens is 1. The molecule has 5 nitrogen and oxygen atoms in total. The molecule has 0 saturated carbocycles. The van der Waals surface area contributed by atoms with Crippen LogP contribution >= 0.6 is 11.6 Å². The second-order valence-corrected chi connectivity index (χ2v) is 4.04. The first-order valence-corrected chi connectivity index (χ1v) is 5.81. The van der Waals surface area contributed by atoms with E-state index in [-0.39, 0.29) is 5.84 Å². The van der Waals surface area contributed by atoms with Gasteiger partial charge in [0.05, 0.1) is 29.7 Å². The molecule has 2 aromatic rings. The van der Waals surface area contributed by atoms with Gasteiger partial charge in [-0.1, -0.05) is 11.6 Å². The summed E-state index contributed by atoms with van der Waals surface area (Å²) in [5.41, 5.74) is 6.70. The van der Waals surface area contributed by atoms with Gasteiger partial charge in [0, 0.05) is 5.56 Å². The van der Waals surface area contributed by atoms with E-state index in [0.29, 0.717) is 28.6 Å². The maximum Gasteiger partial charge on any atom is 0.157 e. The van der Waals surface area contributed by atoms with Crippen molar-refractivity contribution in [2.75, 3.05) is 6.61 Å². The van der Waals surface area contributed by atoms with Crippen LogP contribution in [0.25, 0.3) is 5.69 Å². The number of nitrogens with one attached hydrogen (secondary N) is 1. The summed E-state index contributed by atoms with van der Waals surface area (Å²) in [6.07, 6.45) is 3.37. The van der Waals surface area contributed by atoms with E-state index < -0.39 is 0 Å². The molecule has 0 spiro atoms. The lowest BCUT2D eigenvalue weighted by Gasteiger charge is -2.06. The molecule has 0 amide bonds. The van der Waals surface area contributed by atoms with Gasteiger partial charge in [0.2, 0.25) is 0 Å².